The third-order valence-electron chi connectivity index (χ3n) is 3.39. The number of amides is 2. The Kier molecular flexibility index (Phi) is 3.84. The molecule has 0 radical (unpaired) electrons. The van der Waals surface area contributed by atoms with Crippen LogP contribution < -0.4 is 5.32 Å². The number of hydrogen-bond acceptors (Lipinski definition) is 2. The first kappa shape index (κ1) is 14.0. The molecule has 1 fully saturated rings. The van der Waals surface area contributed by atoms with Crippen LogP contribution in [0.1, 0.15) is 53.9 Å². The summed E-state index contributed by atoms with van der Waals surface area (Å²) in [4.78, 5) is 25.9. The molecule has 4 heteroatoms. The molecule has 1 aliphatic rings. The topological polar surface area (TPSA) is 49.4 Å². The molecule has 98 valence electrons. The molecule has 1 saturated heterocycles. The zero-order chi connectivity index (χ0) is 13.3. The largest absolute Gasteiger partial charge is 0.342 e. The smallest absolute Gasteiger partial charge is 0.248 e. The maximum Gasteiger partial charge on any atom is 0.248 e. The Labute approximate surface area is 104 Å². The zero-order valence-electron chi connectivity index (χ0n) is 11.6. The molecular weight excluding hydrogens is 216 g/mol. The number of hydrogen-bond donors (Lipinski definition) is 1. The van der Waals surface area contributed by atoms with Crippen LogP contribution in [0.4, 0.5) is 0 Å². The molecule has 0 spiro atoms. The number of nitrogens with zero attached hydrogens (tertiary/aromatic N) is 1. The molecule has 0 atom stereocenters. The average molecular weight is 240 g/mol. The first-order valence-corrected chi connectivity index (χ1v) is 6.34. The fourth-order valence-corrected chi connectivity index (χ4v) is 2.44. The van der Waals surface area contributed by atoms with Crippen LogP contribution in [0.25, 0.3) is 0 Å². The van der Waals surface area contributed by atoms with Crippen molar-refractivity contribution in [2.24, 2.45) is 0 Å². The summed E-state index contributed by atoms with van der Waals surface area (Å²) in [7, 11) is 0. The highest BCUT2D eigenvalue weighted by Crippen LogP contribution is 2.26. The van der Waals surface area contributed by atoms with Crippen LogP contribution >= 0.6 is 0 Å². The quantitative estimate of drug-likeness (QED) is 0.816. The van der Waals surface area contributed by atoms with Gasteiger partial charge in [-0.25, -0.2) is 0 Å². The van der Waals surface area contributed by atoms with Crippen molar-refractivity contribution in [3.63, 3.8) is 0 Å². The van der Waals surface area contributed by atoms with E-state index in [-0.39, 0.29) is 17.4 Å². The summed E-state index contributed by atoms with van der Waals surface area (Å²) in [6.45, 7) is 10.3. The summed E-state index contributed by atoms with van der Waals surface area (Å²) in [6, 6.07) is 0. The Morgan fingerprint density at radius 1 is 1.35 bits per heavy atom. The van der Waals surface area contributed by atoms with Gasteiger partial charge in [-0.3, -0.25) is 9.59 Å². The molecule has 0 aromatic heterocycles. The molecule has 1 N–H and O–H groups in total. The second-order valence-electron chi connectivity index (χ2n) is 5.94. The van der Waals surface area contributed by atoms with Gasteiger partial charge in [0.2, 0.25) is 11.8 Å². The van der Waals surface area contributed by atoms with E-state index in [9.17, 15) is 9.59 Å². The van der Waals surface area contributed by atoms with E-state index >= 15 is 0 Å². The Bertz CT molecular complexity index is 321. The number of rotatable bonds is 3. The first-order valence-electron chi connectivity index (χ1n) is 6.34. The van der Waals surface area contributed by atoms with Crippen molar-refractivity contribution in [3.05, 3.63) is 0 Å². The van der Waals surface area contributed by atoms with Gasteiger partial charge in [-0.2, -0.15) is 0 Å². The van der Waals surface area contributed by atoms with Gasteiger partial charge < -0.3 is 10.2 Å². The summed E-state index contributed by atoms with van der Waals surface area (Å²) in [5.74, 6) is -0.0278. The molecule has 0 aliphatic carbocycles. The van der Waals surface area contributed by atoms with Gasteiger partial charge in [0.1, 0.15) is 5.54 Å². The summed E-state index contributed by atoms with van der Waals surface area (Å²) >= 11 is 0. The second-order valence-corrected chi connectivity index (χ2v) is 5.94. The van der Waals surface area contributed by atoms with Crippen molar-refractivity contribution in [2.45, 2.75) is 65.0 Å². The lowest BCUT2D eigenvalue weighted by Crippen LogP contribution is -2.57. The lowest BCUT2D eigenvalue weighted by Gasteiger charge is -2.41. The monoisotopic (exact) mass is 240 g/mol. The third-order valence-corrected chi connectivity index (χ3v) is 3.39. The predicted molar refractivity (Wildman–Crippen MR) is 67.5 cm³/mol. The average Bonchev–Trinajstić information content (AvgIpc) is 2.24. The van der Waals surface area contributed by atoms with Gasteiger partial charge in [0.25, 0.3) is 0 Å². The van der Waals surface area contributed by atoms with Crippen molar-refractivity contribution in [3.8, 4) is 0 Å². The molecule has 0 saturated carbocycles. The van der Waals surface area contributed by atoms with Crippen LogP contribution in [0.5, 0.6) is 0 Å². The van der Waals surface area contributed by atoms with Crippen LogP contribution in [0.2, 0.25) is 0 Å². The normalized spacial score (nSPS) is 21.1. The highest BCUT2D eigenvalue weighted by Gasteiger charge is 2.41. The van der Waals surface area contributed by atoms with E-state index in [2.05, 4.69) is 26.1 Å². The van der Waals surface area contributed by atoms with Crippen molar-refractivity contribution in [1.82, 2.24) is 10.2 Å². The molecule has 2 amide bonds. The van der Waals surface area contributed by atoms with Crippen LogP contribution in [0.3, 0.4) is 0 Å². The Morgan fingerprint density at radius 2 is 1.94 bits per heavy atom. The third kappa shape index (κ3) is 2.99. The molecule has 0 bridgehead atoms. The van der Waals surface area contributed by atoms with Gasteiger partial charge in [0.15, 0.2) is 0 Å². The number of nitrogens with one attached hydrogen (secondary N) is 1. The summed E-state index contributed by atoms with van der Waals surface area (Å²) < 4.78 is 0. The van der Waals surface area contributed by atoms with E-state index in [1.807, 2.05) is 4.90 Å². The fourth-order valence-electron chi connectivity index (χ4n) is 2.44. The molecule has 0 aromatic rings. The van der Waals surface area contributed by atoms with Crippen molar-refractivity contribution in [2.75, 3.05) is 6.54 Å². The minimum atomic E-state index is -0.793. The van der Waals surface area contributed by atoms with E-state index in [0.717, 1.165) is 12.8 Å². The van der Waals surface area contributed by atoms with Crippen LogP contribution in [0.15, 0.2) is 0 Å². The van der Waals surface area contributed by atoms with Gasteiger partial charge in [0, 0.05) is 18.5 Å². The lowest BCUT2D eigenvalue weighted by molar-refractivity contribution is -0.142. The number of carbonyl (C=O) groups is 2. The minimum Gasteiger partial charge on any atom is -0.342 e. The molecule has 1 heterocycles. The first-order chi connectivity index (χ1) is 7.70. The van der Waals surface area contributed by atoms with Crippen LogP contribution in [-0.2, 0) is 9.59 Å². The van der Waals surface area contributed by atoms with E-state index in [4.69, 9.17) is 0 Å². The molecule has 1 rings (SSSR count). The molecule has 1 aliphatic heterocycles. The Morgan fingerprint density at radius 3 is 2.47 bits per heavy atom. The van der Waals surface area contributed by atoms with Gasteiger partial charge in [-0.1, -0.05) is 13.3 Å². The zero-order valence-corrected chi connectivity index (χ0v) is 11.6. The lowest BCUT2D eigenvalue weighted by atomic mass is 9.93. The molecule has 17 heavy (non-hydrogen) atoms. The van der Waals surface area contributed by atoms with Crippen LogP contribution in [-0.4, -0.2) is 34.3 Å². The maximum atomic E-state index is 12.4. The molecule has 4 nitrogen and oxygen atoms in total. The fraction of sp³-hybridized carbons (Fsp3) is 0.846. The van der Waals surface area contributed by atoms with Crippen molar-refractivity contribution >= 4 is 11.8 Å². The Balaban J connectivity index is 2.99. The highest BCUT2D eigenvalue weighted by atomic mass is 16.2. The summed E-state index contributed by atoms with van der Waals surface area (Å²) in [5.41, 5.74) is -0.978. The van der Waals surface area contributed by atoms with Crippen LogP contribution in [0, 0.1) is 0 Å². The second kappa shape index (κ2) is 4.67. The van der Waals surface area contributed by atoms with Crippen molar-refractivity contribution in [1.29, 1.82) is 0 Å². The number of carbonyl (C=O) groups excluding carboxylic acids is 2. The molecule has 0 unspecified atom stereocenters. The maximum absolute atomic E-state index is 12.4. The molecular formula is C13H24N2O2. The SMILES string of the molecule is CCCC(C)(C)N1CCC(=O)NC(C)(C)C1=O. The summed E-state index contributed by atoms with van der Waals surface area (Å²) in [6.07, 6.45) is 2.36. The van der Waals surface area contributed by atoms with Crippen molar-refractivity contribution < 1.29 is 9.59 Å². The van der Waals surface area contributed by atoms with E-state index in [1.54, 1.807) is 13.8 Å². The standard InChI is InChI=1S/C13H24N2O2/c1-6-8-12(2,3)15-9-7-10(16)14-13(4,5)11(15)17/h6-9H2,1-5H3,(H,14,16). The van der Waals surface area contributed by atoms with Gasteiger partial charge >= 0.3 is 0 Å². The summed E-state index contributed by atoms with van der Waals surface area (Å²) in [5, 5.41) is 2.78. The van der Waals surface area contributed by atoms with Gasteiger partial charge in [-0.05, 0) is 34.1 Å². The highest BCUT2D eigenvalue weighted by molar-refractivity contribution is 5.93. The molecule has 0 aromatic carbocycles. The Hall–Kier alpha value is -1.06. The van der Waals surface area contributed by atoms with E-state index in [1.165, 1.54) is 0 Å². The van der Waals surface area contributed by atoms with E-state index < -0.39 is 5.54 Å². The van der Waals surface area contributed by atoms with Gasteiger partial charge in [-0.15, -0.1) is 0 Å². The minimum absolute atomic E-state index is 0.0156. The van der Waals surface area contributed by atoms with E-state index in [0.29, 0.717) is 13.0 Å². The van der Waals surface area contributed by atoms with Gasteiger partial charge in [0.05, 0.1) is 0 Å². The predicted octanol–water partition coefficient (Wildman–Crippen LogP) is 1.69.